The Balaban J connectivity index is 0.664. The normalized spacial score (nSPS) is 24.8. The highest BCUT2D eigenvalue weighted by Gasteiger charge is 2.57. The minimum atomic E-state index is -1.23. The number of pyridine rings is 1. The summed E-state index contributed by atoms with van der Waals surface area (Å²) in [5.41, 5.74) is -0.580. The van der Waals surface area contributed by atoms with Gasteiger partial charge in [-0.3, -0.25) is 29.6 Å². The predicted octanol–water partition coefficient (Wildman–Crippen LogP) is 6.65. The fourth-order valence-electron chi connectivity index (χ4n) is 13.0. The Morgan fingerprint density at radius 2 is 1.60 bits per heavy atom. The van der Waals surface area contributed by atoms with E-state index < -0.39 is 40.7 Å². The quantitative estimate of drug-likeness (QED) is 0.0953. The van der Waals surface area contributed by atoms with Gasteiger partial charge in [-0.25, -0.2) is 17.6 Å². The van der Waals surface area contributed by atoms with E-state index >= 15 is 13.2 Å². The average Bonchev–Trinajstić information content (AvgIpc) is 4.04. The first-order valence-electron chi connectivity index (χ1n) is 25.7. The van der Waals surface area contributed by atoms with Gasteiger partial charge in [0.1, 0.15) is 34.5 Å². The van der Waals surface area contributed by atoms with Crippen LogP contribution in [0.25, 0.3) is 32.9 Å². The van der Waals surface area contributed by atoms with Gasteiger partial charge < -0.3 is 34.5 Å². The first kappa shape index (κ1) is 47.8. The largest absolute Gasteiger partial charge is 0.508 e. The number of carbonyl (C=O) groups is 3. The molecule has 3 N–H and O–H groups in total. The predicted molar refractivity (Wildman–Crippen MR) is 263 cm³/mol. The number of carbonyl (C=O) groups excluding carboxylic acids is 3. The van der Waals surface area contributed by atoms with E-state index in [2.05, 4.69) is 30.0 Å². The highest BCUT2D eigenvalue weighted by atomic mass is 19.2. The van der Waals surface area contributed by atoms with Crippen molar-refractivity contribution in [3.8, 4) is 23.0 Å². The zero-order valence-electron chi connectivity index (χ0n) is 40.9. The highest BCUT2D eigenvalue weighted by molar-refractivity contribution is 6.05. The number of ether oxygens (including phenoxy) is 1. The number of nitrogens with one attached hydrogen (secondary N) is 1. The number of imide groups is 1. The third-order valence-corrected chi connectivity index (χ3v) is 16.9. The third-order valence-electron chi connectivity index (χ3n) is 16.9. The van der Waals surface area contributed by atoms with Gasteiger partial charge in [-0.2, -0.15) is 9.97 Å². The van der Waals surface area contributed by atoms with Crippen LogP contribution in [-0.2, 0) is 16.1 Å². The maximum Gasteiger partial charge on any atom is 0.319 e. The van der Waals surface area contributed by atoms with E-state index in [0.29, 0.717) is 63.1 Å². The molecule has 4 saturated heterocycles. The third kappa shape index (κ3) is 8.98. The molecule has 0 bridgehead atoms. The maximum atomic E-state index is 16.9. The molecule has 12 rings (SSSR count). The Labute approximate surface area is 419 Å². The molecule has 2 saturated carbocycles. The number of aliphatic hydroxyl groups is 1. The molecule has 1 spiro atoms. The van der Waals surface area contributed by atoms with Crippen LogP contribution < -0.4 is 19.9 Å². The number of phenols is 1. The van der Waals surface area contributed by atoms with Gasteiger partial charge in [-0.1, -0.05) is 6.07 Å². The summed E-state index contributed by atoms with van der Waals surface area (Å²) >= 11 is 0. The molecule has 2 aromatic heterocycles. The minimum Gasteiger partial charge on any atom is -0.508 e. The van der Waals surface area contributed by atoms with Crippen molar-refractivity contribution in [2.24, 2.45) is 10.8 Å². The number of aromatic hydroxyl groups is 1. The zero-order valence-corrected chi connectivity index (χ0v) is 40.9. The Morgan fingerprint density at radius 1 is 0.836 bits per heavy atom. The molecule has 15 nitrogen and oxygen atoms in total. The van der Waals surface area contributed by atoms with E-state index in [1.165, 1.54) is 18.3 Å². The number of nitrogens with zero attached hydrogens (tertiary/aromatic N) is 8. The topological polar surface area (TPSA) is 168 Å². The number of rotatable bonds is 11. The van der Waals surface area contributed by atoms with Crippen molar-refractivity contribution < 1.29 is 46.9 Å². The number of halogens is 4. The van der Waals surface area contributed by atoms with E-state index in [4.69, 9.17) is 9.72 Å². The van der Waals surface area contributed by atoms with E-state index in [-0.39, 0.29) is 86.9 Å². The second-order valence-corrected chi connectivity index (χ2v) is 22.6. The molecule has 0 unspecified atom stereocenters. The first-order chi connectivity index (χ1) is 34.9. The lowest BCUT2D eigenvalue weighted by atomic mass is 9.55. The van der Waals surface area contributed by atoms with Crippen molar-refractivity contribution in [3.05, 3.63) is 77.2 Å². The number of hydrogen-bond acceptors (Lipinski definition) is 13. The van der Waals surface area contributed by atoms with Gasteiger partial charge in [0.15, 0.2) is 17.5 Å². The number of piperidine rings is 3. The highest BCUT2D eigenvalue weighted by Crippen LogP contribution is 2.58. The van der Waals surface area contributed by atoms with Gasteiger partial charge in [0.25, 0.3) is 5.91 Å². The number of aromatic nitrogens is 3. The van der Waals surface area contributed by atoms with Crippen LogP contribution in [0.3, 0.4) is 0 Å². The van der Waals surface area contributed by atoms with Crippen molar-refractivity contribution in [2.75, 3.05) is 81.9 Å². The molecule has 6 fully saturated rings. The standard InChI is InChI=1S/C54H59F4N9O6/c1-51(72)9-2-14-66(28-51)47-38-24-59-45(37-23-35(68)22-32-3-6-39(55)43(56)42(32)37)44(57)46(38)61-50(62-47)73-31-53(10-11-53)29-63-15-12-52(13-16-63)26-54(58,27-52)30-64-17-19-65(20-18-64)34-4-5-36-33(21-34)25-67(49(36)71)40-7-8-41(69)60-48(40)70/h3-6,21-24,40,68,72H,2,7-20,25-31H2,1H3,(H,60,69,70)/t40-,51+/m0/s1. The summed E-state index contributed by atoms with van der Waals surface area (Å²) < 4.78 is 69.7. The molecular weight excluding hydrogens is 947 g/mol. The van der Waals surface area contributed by atoms with Crippen LogP contribution in [0.4, 0.5) is 29.1 Å². The molecule has 0 radical (unpaired) electrons. The maximum absolute atomic E-state index is 16.9. The minimum absolute atomic E-state index is 0.0131. The van der Waals surface area contributed by atoms with Gasteiger partial charge in [-0.15, -0.1) is 0 Å². The van der Waals surface area contributed by atoms with E-state index in [1.54, 1.807) is 11.8 Å². The number of piperazine rings is 1. The number of amides is 3. The van der Waals surface area contributed by atoms with Crippen molar-refractivity contribution in [1.82, 2.24) is 35.0 Å². The summed E-state index contributed by atoms with van der Waals surface area (Å²) in [6.45, 7) is 8.96. The molecule has 3 aromatic carbocycles. The lowest BCUT2D eigenvalue weighted by Gasteiger charge is -2.57. The fourth-order valence-corrected chi connectivity index (χ4v) is 13.0. The van der Waals surface area contributed by atoms with Crippen LogP contribution in [0.2, 0.25) is 0 Å². The summed E-state index contributed by atoms with van der Waals surface area (Å²) in [5.74, 6) is -4.10. The number of fused-ring (bicyclic) bond motifs is 3. The van der Waals surface area contributed by atoms with Gasteiger partial charge in [0.05, 0.1) is 17.6 Å². The number of anilines is 2. The molecule has 5 aromatic rings. The second kappa shape index (κ2) is 17.8. The number of phenolic OH excluding ortho intramolecular Hbond substituents is 1. The first-order valence-corrected chi connectivity index (χ1v) is 25.7. The molecule has 7 heterocycles. The Bertz CT molecular complexity index is 3080. The van der Waals surface area contributed by atoms with Crippen LogP contribution in [0.5, 0.6) is 11.8 Å². The smallest absolute Gasteiger partial charge is 0.319 e. The van der Waals surface area contributed by atoms with Crippen molar-refractivity contribution in [1.29, 1.82) is 0 Å². The molecule has 19 heteroatoms. The summed E-state index contributed by atoms with van der Waals surface area (Å²) in [7, 11) is 0. The van der Waals surface area contributed by atoms with Crippen LogP contribution in [0.1, 0.15) is 87.1 Å². The SMILES string of the molecule is C[C@@]1(O)CCCN(c2nc(OCC3(CN4CCC5(CC4)CC(F)(CN4CCN(c6ccc7c(c6)CN([C@H]6CCC(=O)NC6=O)C7=O)CC4)C5)CC3)nc3c(F)c(-c4cc(O)cc5ccc(F)c(F)c45)ncc23)C1. The van der Waals surface area contributed by atoms with Crippen LogP contribution >= 0.6 is 0 Å². The monoisotopic (exact) mass is 1010 g/mol. The van der Waals surface area contributed by atoms with E-state index in [1.807, 2.05) is 23.1 Å². The Hall–Kier alpha value is -6.18. The van der Waals surface area contributed by atoms with E-state index in [0.717, 1.165) is 94.9 Å². The zero-order chi connectivity index (χ0) is 50.6. The fraction of sp³-hybridized carbons (Fsp3) is 0.519. The van der Waals surface area contributed by atoms with Crippen molar-refractivity contribution in [3.63, 3.8) is 0 Å². The molecule has 384 valence electrons. The lowest BCUT2D eigenvalue weighted by Crippen LogP contribution is -2.60. The number of benzene rings is 3. The summed E-state index contributed by atoms with van der Waals surface area (Å²) in [6, 6.07) is 9.77. The Kier molecular flexibility index (Phi) is 11.6. The summed E-state index contributed by atoms with van der Waals surface area (Å²) in [5, 5.41) is 24.1. The van der Waals surface area contributed by atoms with Gasteiger partial charge in [-0.05, 0) is 131 Å². The number of hydrogen-bond donors (Lipinski definition) is 3. The molecule has 2 atom stereocenters. The molecule has 7 aliphatic rings. The van der Waals surface area contributed by atoms with E-state index in [9.17, 15) is 29.0 Å². The molecule has 5 aliphatic heterocycles. The molecular formula is C54H59F4N9O6. The summed E-state index contributed by atoms with van der Waals surface area (Å²) in [6.07, 6.45) is 7.96. The number of alkyl halides is 1. The number of β-amino-alcohol motifs (C(OH)–C–C–N with tert-alkyl or cyclic N) is 1. The molecule has 73 heavy (non-hydrogen) atoms. The van der Waals surface area contributed by atoms with Gasteiger partial charge in [0.2, 0.25) is 11.8 Å². The number of likely N-dealkylation sites (tertiary alicyclic amines) is 1. The lowest BCUT2D eigenvalue weighted by molar-refractivity contribution is -0.136. The average molecular weight is 1010 g/mol. The van der Waals surface area contributed by atoms with Crippen molar-refractivity contribution >= 4 is 50.9 Å². The summed E-state index contributed by atoms with van der Waals surface area (Å²) in [4.78, 5) is 61.5. The second-order valence-electron chi connectivity index (χ2n) is 22.6. The van der Waals surface area contributed by atoms with Crippen molar-refractivity contribution in [2.45, 2.75) is 95.0 Å². The van der Waals surface area contributed by atoms with Crippen LogP contribution in [0, 0.1) is 28.3 Å². The van der Waals surface area contributed by atoms with Crippen LogP contribution in [0.15, 0.2) is 48.7 Å². The van der Waals surface area contributed by atoms with Gasteiger partial charge in [0, 0.05) is 99.1 Å². The molecule has 2 aliphatic carbocycles. The van der Waals surface area contributed by atoms with Crippen LogP contribution in [-0.4, -0.2) is 147 Å². The molecule has 3 amide bonds. The van der Waals surface area contributed by atoms with Gasteiger partial charge >= 0.3 is 6.01 Å². The Morgan fingerprint density at radius 3 is 2.34 bits per heavy atom.